The Hall–Kier alpha value is -2.76. The number of thiazole rings is 1. The van der Waals surface area contributed by atoms with Gasteiger partial charge in [-0.25, -0.2) is 13.4 Å². The third-order valence-corrected chi connectivity index (χ3v) is 6.16. The van der Waals surface area contributed by atoms with E-state index in [0.717, 1.165) is 23.7 Å². The number of amides is 1. The van der Waals surface area contributed by atoms with Gasteiger partial charge in [0.25, 0.3) is 11.6 Å². The zero-order valence-corrected chi connectivity index (χ0v) is 17.5. The van der Waals surface area contributed by atoms with Crippen molar-refractivity contribution in [2.45, 2.75) is 17.9 Å². The molecule has 9 nitrogen and oxygen atoms in total. The molecule has 1 atom stereocenters. The first kappa shape index (κ1) is 21.0. The van der Waals surface area contributed by atoms with Gasteiger partial charge < -0.3 is 4.74 Å². The van der Waals surface area contributed by atoms with Crippen LogP contribution >= 0.6 is 22.9 Å². The Bertz CT molecular complexity index is 1230. The van der Waals surface area contributed by atoms with Gasteiger partial charge in [0.1, 0.15) is 5.75 Å². The highest BCUT2D eigenvalue weighted by Gasteiger charge is 2.20. The quantitative estimate of drug-likeness (QED) is 0.443. The number of carbonyl (C=O) groups excluding carboxylic acids is 1. The summed E-state index contributed by atoms with van der Waals surface area (Å²) in [5, 5.41) is 13.6. The Morgan fingerprint density at radius 1 is 1.31 bits per heavy atom. The van der Waals surface area contributed by atoms with E-state index in [9.17, 15) is 23.3 Å². The molecule has 152 valence electrons. The Labute approximate surface area is 174 Å². The van der Waals surface area contributed by atoms with E-state index in [4.69, 9.17) is 16.3 Å². The smallest absolute Gasteiger partial charge is 0.271 e. The van der Waals surface area contributed by atoms with E-state index in [1.165, 1.54) is 31.2 Å². The summed E-state index contributed by atoms with van der Waals surface area (Å²) in [5.74, 6) is -0.385. The molecule has 3 rings (SSSR count). The summed E-state index contributed by atoms with van der Waals surface area (Å²) in [4.78, 5) is 27.0. The molecule has 0 aliphatic heterocycles. The molecule has 0 aliphatic carbocycles. The van der Waals surface area contributed by atoms with Crippen LogP contribution in [0.3, 0.4) is 0 Å². The molecule has 1 unspecified atom stereocenters. The lowest BCUT2D eigenvalue weighted by Crippen LogP contribution is -2.30. The van der Waals surface area contributed by atoms with Crippen molar-refractivity contribution in [2.75, 3.05) is 11.6 Å². The molecule has 1 aromatic heterocycles. The van der Waals surface area contributed by atoms with Crippen LogP contribution in [0.1, 0.15) is 6.92 Å². The fourth-order valence-corrected chi connectivity index (χ4v) is 4.19. The molecule has 2 aromatic carbocycles. The summed E-state index contributed by atoms with van der Waals surface area (Å²) in [6, 6.07) is 8.18. The van der Waals surface area contributed by atoms with Crippen LogP contribution in [0, 0.1) is 10.1 Å². The zero-order chi connectivity index (χ0) is 21.3. The molecule has 0 radical (unpaired) electrons. The number of hydrogen-bond donors (Lipinski definition) is 1. The molecule has 0 saturated heterocycles. The summed E-state index contributed by atoms with van der Waals surface area (Å²) in [6.45, 7) is 1.49. The second-order valence-corrected chi connectivity index (χ2v) is 9.50. The predicted octanol–water partition coefficient (Wildman–Crippen LogP) is 3.67. The zero-order valence-electron chi connectivity index (χ0n) is 15.1. The first-order valence-electron chi connectivity index (χ1n) is 8.06. The first-order valence-corrected chi connectivity index (χ1v) is 11.2. The van der Waals surface area contributed by atoms with Gasteiger partial charge in [-0.05, 0) is 31.2 Å². The molecule has 29 heavy (non-hydrogen) atoms. The number of rotatable bonds is 6. The van der Waals surface area contributed by atoms with Gasteiger partial charge >= 0.3 is 0 Å². The number of aromatic nitrogens is 1. The number of halogens is 1. The van der Waals surface area contributed by atoms with Crippen molar-refractivity contribution in [2.24, 2.45) is 0 Å². The lowest BCUT2D eigenvalue weighted by atomic mass is 10.3. The average Bonchev–Trinajstić information content (AvgIpc) is 3.03. The number of carbonyl (C=O) groups is 1. The normalized spacial score (nSPS) is 12.5. The minimum absolute atomic E-state index is 0.00661. The summed E-state index contributed by atoms with van der Waals surface area (Å²) in [6.07, 6.45) is 0.146. The molecule has 0 spiro atoms. The minimum atomic E-state index is -3.35. The summed E-state index contributed by atoms with van der Waals surface area (Å²) >= 11 is 7.09. The Morgan fingerprint density at radius 2 is 2.03 bits per heavy atom. The topological polar surface area (TPSA) is 128 Å². The van der Waals surface area contributed by atoms with E-state index in [1.807, 2.05) is 0 Å². The number of anilines is 1. The van der Waals surface area contributed by atoms with E-state index in [1.54, 1.807) is 6.07 Å². The van der Waals surface area contributed by atoms with Crippen molar-refractivity contribution < 1.29 is 22.9 Å². The molecular formula is C17H14ClN3O6S2. The number of fused-ring (bicyclic) bond motifs is 1. The summed E-state index contributed by atoms with van der Waals surface area (Å²) in [5.41, 5.74) is 0.354. The second kappa shape index (κ2) is 7.93. The number of nitro benzene ring substituents is 1. The number of hydrogen-bond acceptors (Lipinski definition) is 8. The number of non-ortho nitro benzene ring substituents is 1. The van der Waals surface area contributed by atoms with Gasteiger partial charge in [-0.15, -0.1) is 0 Å². The van der Waals surface area contributed by atoms with Crippen LogP contribution in [-0.4, -0.2) is 36.6 Å². The highest BCUT2D eigenvalue weighted by Crippen LogP contribution is 2.30. The fourth-order valence-electron chi connectivity index (χ4n) is 2.34. The fraction of sp³-hybridized carbons (Fsp3) is 0.176. The number of ether oxygens (including phenoxy) is 1. The predicted molar refractivity (Wildman–Crippen MR) is 110 cm³/mol. The summed E-state index contributed by atoms with van der Waals surface area (Å²) in [7, 11) is -3.35. The van der Waals surface area contributed by atoms with Gasteiger partial charge in [-0.2, -0.15) is 0 Å². The minimum Gasteiger partial charge on any atom is -0.479 e. The van der Waals surface area contributed by atoms with Crippen molar-refractivity contribution in [3.63, 3.8) is 0 Å². The van der Waals surface area contributed by atoms with Gasteiger partial charge in [0.2, 0.25) is 0 Å². The highest BCUT2D eigenvalue weighted by atomic mass is 35.5. The number of benzene rings is 2. The van der Waals surface area contributed by atoms with E-state index >= 15 is 0 Å². The molecule has 3 aromatic rings. The molecule has 1 amide bonds. The lowest BCUT2D eigenvalue weighted by Gasteiger charge is -2.14. The van der Waals surface area contributed by atoms with Crippen molar-refractivity contribution in [1.82, 2.24) is 4.98 Å². The Morgan fingerprint density at radius 3 is 2.66 bits per heavy atom. The standard InChI is InChI=1S/C17H14ClN3O6S2/c1-9(27-14-6-3-10(21(23)24)7-12(14)18)16(22)20-17-19-13-5-4-11(29(2,25)26)8-15(13)28-17/h3-9H,1-2H3,(H,19,20,22). The molecule has 12 heteroatoms. The van der Waals surface area contributed by atoms with E-state index in [-0.39, 0.29) is 26.5 Å². The van der Waals surface area contributed by atoms with Crippen LogP contribution in [0.25, 0.3) is 10.2 Å². The first-order chi connectivity index (χ1) is 13.5. The molecule has 0 aliphatic rings. The van der Waals surface area contributed by atoms with Gasteiger partial charge in [0, 0.05) is 18.4 Å². The maximum absolute atomic E-state index is 12.4. The molecule has 1 heterocycles. The highest BCUT2D eigenvalue weighted by molar-refractivity contribution is 7.90. The number of nitrogens with one attached hydrogen (secondary N) is 1. The molecular weight excluding hydrogens is 442 g/mol. The van der Waals surface area contributed by atoms with Crippen molar-refractivity contribution in [3.05, 3.63) is 51.5 Å². The van der Waals surface area contributed by atoms with E-state index < -0.39 is 26.8 Å². The number of nitro groups is 1. The van der Waals surface area contributed by atoms with Crippen molar-refractivity contribution in [1.29, 1.82) is 0 Å². The SMILES string of the molecule is CC(Oc1ccc([N+](=O)[O-])cc1Cl)C(=O)Nc1nc2ccc(S(C)(=O)=O)cc2s1. The Kier molecular flexibility index (Phi) is 5.73. The summed E-state index contributed by atoms with van der Waals surface area (Å²) < 4.78 is 29.4. The lowest BCUT2D eigenvalue weighted by molar-refractivity contribution is -0.384. The molecule has 0 saturated carbocycles. The maximum atomic E-state index is 12.4. The molecule has 0 fully saturated rings. The second-order valence-electron chi connectivity index (χ2n) is 6.04. The van der Waals surface area contributed by atoms with Crippen LogP contribution < -0.4 is 10.1 Å². The van der Waals surface area contributed by atoms with Gasteiger partial charge in [0.05, 0.1) is 25.1 Å². The molecule has 1 N–H and O–H groups in total. The third kappa shape index (κ3) is 4.81. The number of nitrogens with zero attached hydrogens (tertiary/aromatic N) is 2. The van der Waals surface area contributed by atoms with Crippen LogP contribution in [-0.2, 0) is 14.6 Å². The van der Waals surface area contributed by atoms with Crippen molar-refractivity contribution >= 4 is 59.7 Å². The van der Waals surface area contributed by atoms with Crippen LogP contribution in [0.2, 0.25) is 5.02 Å². The Balaban J connectivity index is 1.73. The number of sulfone groups is 1. The molecule has 0 bridgehead atoms. The third-order valence-electron chi connectivity index (χ3n) is 3.82. The van der Waals surface area contributed by atoms with Gasteiger partial charge in [-0.3, -0.25) is 20.2 Å². The largest absolute Gasteiger partial charge is 0.479 e. The van der Waals surface area contributed by atoms with Crippen LogP contribution in [0.15, 0.2) is 41.3 Å². The monoisotopic (exact) mass is 455 g/mol. The van der Waals surface area contributed by atoms with Gasteiger partial charge in [-0.1, -0.05) is 22.9 Å². The maximum Gasteiger partial charge on any atom is 0.271 e. The van der Waals surface area contributed by atoms with Gasteiger partial charge in [0.15, 0.2) is 21.1 Å². The van der Waals surface area contributed by atoms with E-state index in [2.05, 4.69) is 10.3 Å². The average molecular weight is 456 g/mol. The van der Waals surface area contributed by atoms with Crippen LogP contribution in [0.4, 0.5) is 10.8 Å². The van der Waals surface area contributed by atoms with Crippen LogP contribution in [0.5, 0.6) is 5.75 Å². The van der Waals surface area contributed by atoms with E-state index in [0.29, 0.717) is 10.2 Å². The van der Waals surface area contributed by atoms with Crippen molar-refractivity contribution in [3.8, 4) is 5.75 Å².